The van der Waals surface area contributed by atoms with Gasteiger partial charge in [-0.2, -0.15) is 0 Å². The van der Waals surface area contributed by atoms with Crippen LogP contribution in [0.3, 0.4) is 0 Å². The molecule has 1 aromatic carbocycles. The Morgan fingerprint density at radius 3 is 2.79 bits per heavy atom. The number of halogens is 2. The van der Waals surface area contributed by atoms with Crippen LogP contribution in [0.5, 0.6) is 0 Å². The smallest absolute Gasteiger partial charge is 0.308 e. The Bertz CT molecular complexity index is 521. The van der Waals surface area contributed by atoms with Gasteiger partial charge in [0.25, 0.3) is 5.91 Å². The van der Waals surface area contributed by atoms with Crippen LogP contribution >= 0.6 is 15.9 Å². The lowest BCUT2D eigenvalue weighted by Crippen LogP contribution is -2.42. The Kier molecular flexibility index (Phi) is 4.19. The molecule has 1 atom stereocenters. The minimum atomic E-state index is -0.909. The van der Waals surface area contributed by atoms with Crippen molar-refractivity contribution >= 4 is 27.8 Å². The van der Waals surface area contributed by atoms with E-state index in [1.807, 2.05) is 0 Å². The molecular formula is C13H13BrFNO3. The molecule has 1 N–H and O–H groups in total. The van der Waals surface area contributed by atoms with E-state index in [9.17, 15) is 14.0 Å². The van der Waals surface area contributed by atoms with Gasteiger partial charge in [0, 0.05) is 17.6 Å². The molecule has 1 amide bonds. The summed E-state index contributed by atoms with van der Waals surface area (Å²) in [5.41, 5.74) is -0.0192. The quantitative estimate of drug-likeness (QED) is 0.907. The molecule has 0 radical (unpaired) electrons. The van der Waals surface area contributed by atoms with E-state index < -0.39 is 23.6 Å². The van der Waals surface area contributed by atoms with Gasteiger partial charge < -0.3 is 10.0 Å². The van der Waals surface area contributed by atoms with Crippen LogP contribution in [0.15, 0.2) is 22.7 Å². The van der Waals surface area contributed by atoms with Crippen LogP contribution in [0, 0.1) is 11.7 Å². The molecule has 2 rings (SSSR count). The largest absolute Gasteiger partial charge is 0.481 e. The van der Waals surface area contributed by atoms with Gasteiger partial charge in [-0.05, 0) is 31.0 Å². The summed E-state index contributed by atoms with van der Waals surface area (Å²) in [7, 11) is 0. The lowest BCUT2D eigenvalue weighted by atomic mass is 9.97. The molecule has 1 saturated heterocycles. The van der Waals surface area contributed by atoms with Gasteiger partial charge in [0.05, 0.1) is 11.5 Å². The average Bonchev–Trinajstić information content (AvgIpc) is 2.38. The highest BCUT2D eigenvalue weighted by Gasteiger charge is 2.29. The summed E-state index contributed by atoms with van der Waals surface area (Å²) in [4.78, 5) is 24.5. The highest BCUT2D eigenvalue weighted by molar-refractivity contribution is 9.10. The number of amides is 1. The van der Waals surface area contributed by atoms with Crippen molar-refractivity contribution in [1.29, 1.82) is 0 Å². The molecule has 0 bridgehead atoms. The van der Waals surface area contributed by atoms with Crippen molar-refractivity contribution in [3.63, 3.8) is 0 Å². The number of likely N-dealkylation sites (tertiary alicyclic amines) is 1. The van der Waals surface area contributed by atoms with Crippen molar-refractivity contribution in [3.05, 3.63) is 34.1 Å². The van der Waals surface area contributed by atoms with Gasteiger partial charge >= 0.3 is 5.97 Å². The van der Waals surface area contributed by atoms with Gasteiger partial charge in [0.2, 0.25) is 0 Å². The maximum Gasteiger partial charge on any atom is 0.308 e. The van der Waals surface area contributed by atoms with E-state index in [0.29, 0.717) is 23.9 Å². The zero-order valence-corrected chi connectivity index (χ0v) is 11.7. The van der Waals surface area contributed by atoms with Crippen LogP contribution in [0.2, 0.25) is 0 Å². The number of aliphatic carboxylic acids is 1. The third kappa shape index (κ3) is 3.12. The Labute approximate surface area is 118 Å². The standard InChI is InChI=1S/C13H13BrFNO3/c14-9-3-4-10(11(15)6-9)12(17)16-5-1-2-8(7-16)13(18)19/h3-4,6,8H,1-2,5,7H2,(H,18,19)/t8-/m0/s1. The number of rotatable bonds is 2. The summed E-state index contributed by atoms with van der Waals surface area (Å²) < 4.78 is 14.3. The summed E-state index contributed by atoms with van der Waals surface area (Å²) in [5.74, 6) is -2.52. The first-order chi connectivity index (χ1) is 8.99. The summed E-state index contributed by atoms with van der Waals surface area (Å²) in [5, 5.41) is 8.98. The number of benzene rings is 1. The van der Waals surface area contributed by atoms with E-state index in [2.05, 4.69) is 15.9 Å². The van der Waals surface area contributed by atoms with Crippen LogP contribution in [-0.4, -0.2) is 35.0 Å². The highest BCUT2D eigenvalue weighted by atomic mass is 79.9. The maximum absolute atomic E-state index is 13.7. The van der Waals surface area contributed by atoms with E-state index in [4.69, 9.17) is 5.11 Å². The van der Waals surface area contributed by atoms with E-state index in [1.54, 1.807) is 6.07 Å². The van der Waals surface area contributed by atoms with E-state index in [-0.39, 0.29) is 12.1 Å². The van der Waals surface area contributed by atoms with Gasteiger partial charge in [-0.1, -0.05) is 15.9 Å². The first kappa shape index (κ1) is 14.0. The average molecular weight is 330 g/mol. The van der Waals surface area contributed by atoms with Gasteiger partial charge in [-0.3, -0.25) is 9.59 Å². The van der Waals surface area contributed by atoms with Crippen LogP contribution in [0.25, 0.3) is 0 Å². The minimum Gasteiger partial charge on any atom is -0.481 e. The zero-order valence-electron chi connectivity index (χ0n) is 10.1. The third-order valence-corrected chi connectivity index (χ3v) is 3.71. The monoisotopic (exact) mass is 329 g/mol. The Morgan fingerprint density at radius 2 is 2.16 bits per heavy atom. The molecule has 1 aromatic rings. The molecule has 1 aliphatic rings. The molecule has 102 valence electrons. The van der Waals surface area contributed by atoms with Gasteiger partial charge in [-0.15, -0.1) is 0 Å². The van der Waals surface area contributed by atoms with Crippen LogP contribution < -0.4 is 0 Å². The number of carbonyl (C=O) groups excluding carboxylic acids is 1. The van der Waals surface area contributed by atoms with Crippen LogP contribution in [-0.2, 0) is 4.79 Å². The van der Waals surface area contributed by atoms with Crippen molar-refractivity contribution in [2.45, 2.75) is 12.8 Å². The van der Waals surface area contributed by atoms with Crippen LogP contribution in [0.4, 0.5) is 4.39 Å². The molecular weight excluding hydrogens is 317 g/mol. The summed E-state index contributed by atoms with van der Waals surface area (Å²) in [6.07, 6.45) is 1.18. The number of piperidine rings is 1. The van der Waals surface area contributed by atoms with E-state index in [1.165, 1.54) is 17.0 Å². The van der Waals surface area contributed by atoms with Crippen molar-refractivity contribution < 1.29 is 19.1 Å². The number of carboxylic acid groups (broad SMARTS) is 1. The van der Waals surface area contributed by atoms with Gasteiger partial charge in [0.15, 0.2) is 0 Å². The Morgan fingerprint density at radius 1 is 1.42 bits per heavy atom. The zero-order chi connectivity index (χ0) is 14.0. The molecule has 1 fully saturated rings. The molecule has 0 spiro atoms. The van der Waals surface area contributed by atoms with Gasteiger partial charge in [-0.25, -0.2) is 4.39 Å². The molecule has 19 heavy (non-hydrogen) atoms. The summed E-state index contributed by atoms with van der Waals surface area (Å²) >= 11 is 3.13. The highest BCUT2D eigenvalue weighted by Crippen LogP contribution is 2.21. The first-order valence-electron chi connectivity index (χ1n) is 5.96. The molecule has 1 heterocycles. The number of hydrogen-bond acceptors (Lipinski definition) is 2. The van der Waals surface area contributed by atoms with Crippen molar-refractivity contribution in [3.8, 4) is 0 Å². The normalized spacial score (nSPS) is 19.3. The number of carbonyl (C=O) groups is 2. The van der Waals surface area contributed by atoms with Crippen molar-refractivity contribution in [1.82, 2.24) is 4.90 Å². The molecule has 1 aliphatic heterocycles. The Hall–Kier alpha value is -1.43. The molecule has 6 heteroatoms. The predicted octanol–water partition coefficient (Wildman–Crippen LogP) is 2.53. The molecule has 0 aromatic heterocycles. The lowest BCUT2D eigenvalue weighted by molar-refractivity contribution is -0.143. The van der Waals surface area contributed by atoms with E-state index >= 15 is 0 Å². The minimum absolute atomic E-state index is 0.0192. The van der Waals surface area contributed by atoms with Gasteiger partial charge in [0.1, 0.15) is 5.82 Å². The number of nitrogens with zero attached hydrogens (tertiary/aromatic N) is 1. The van der Waals surface area contributed by atoms with Crippen molar-refractivity contribution in [2.24, 2.45) is 5.92 Å². The van der Waals surface area contributed by atoms with E-state index in [0.717, 1.165) is 0 Å². The number of carboxylic acids is 1. The second-order valence-electron chi connectivity index (χ2n) is 4.55. The fraction of sp³-hybridized carbons (Fsp3) is 0.385. The number of hydrogen-bond donors (Lipinski definition) is 1. The van der Waals surface area contributed by atoms with Crippen molar-refractivity contribution in [2.75, 3.05) is 13.1 Å². The third-order valence-electron chi connectivity index (χ3n) is 3.22. The fourth-order valence-corrected chi connectivity index (χ4v) is 2.53. The first-order valence-corrected chi connectivity index (χ1v) is 6.75. The second-order valence-corrected chi connectivity index (χ2v) is 5.47. The summed E-state index contributed by atoms with van der Waals surface area (Å²) in [6.45, 7) is 0.613. The topological polar surface area (TPSA) is 57.6 Å². The summed E-state index contributed by atoms with van der Waals surface area (Å²) in [6, 6.07) is 4.23. The molecule has 0 unspecified atom stereocenters. The molecule has 0 aliphatic carbocycles. The Balaban J connectivity index is 2.17. The fourth-order valence-electron chi connectivity index (χ4n) is 2.20. The lowest BCUT2D eigenvalue weighted by Gasteiger charge is -2.30. The van der Waals surface area contributed by atoms with Crippen LogP contribution in [0.1, 0.15) is 23.2 Å². The molecule has 4 nitrogen and oxygen atoms in total. The molecule has 0 saturated carbocycles. The SMILES string of the molecule is O=C(O)[C@H]1CCCN(C(=O)c2ccc(Br)cc2F)C1. The maximum atomic E-state index is 13.7. The second kappa shape index (κ2) is 5.69. The predicted molar refractivity (Wildman–Crippen MR) is 70.4 cm³/mol.